The zero-order valence-electron chi connectivity index (χ0n) is 33.9. The zero-order valence-corrected chi connectivity index (χ0v) is 34.8. The van der Waals surface area contributed by atoms with E-state index in [4.69, 9.17) is 29.0 Å². The number of epoxide rings is 1. The fourth-order valence-electron chi connectivity index (χ4n) is 5.91. The van der Waals surface area contributed by atoms with Crippen LogP contribution in [0.1, 0.15) is 168 Å². The zero-order chi connectivity index (χ0) is 39.4. The molecule has 1 heterocycles. The Morgan fingerprint density at radius 3 is 1.72 bits per heavy atom. The molecule has 0 spiro atoms. The molecule has 1 fully saturated rings. The van der Waals surface area contributed by atoms with Gasteiger partial charge in [0.2, 0.25) is 0 Å². The molecule has 0 radical (unpaired) electrons. The normalized spacial score (nSPS) is 17.6. The topological polar surface area (TPSA) is 147 Å². The number of ether oxygens (including phenoxy) is 3. The molecule has 0 bridgehead atoms. The van der Waals surface area contributed by atoms with Gasteiger partial charge in [0.1, 0.15) is 6.61 Å². The molecule has 1 aliphatic rings. The lowest BCUT2D eigenvalue weighted by atomic mass is 10.0. The first-order chi connectivity index (χ1) is 26.3. The largest absolute Gasteiger partial charge is 0.472 e. The molecule has 4 unspecified atom stereocenters. The maximum atomic E-state index is 12.6. The van der Waals surface area contributed by atoms with Crippen LogP contribution in [0.5, 0.6) is 0 Å². The van der Waals surface area contributed by atoms with Crippen molar-refractivity contribution >= 4 is 19.8 Å². The molecule has 0 aromatic carbocycles. The molecular formula is C43H76NO9P. The number of hydrogen-bond donors (Lipinski definition) is 2. The quantitative estimate of drug-likeness (QED) is 0.0204. The maximum Gasteiger partial charge on any atom is 0.472 e. The molecule has 0 saturated carbocycles. The summed E-state index contributed by atoms with van der Waals surface area (Å²) in [5.74, 6) is -0.900. The molecule has 1 saturated heterocycles. The number of allylic oxidation sites excluding steroid dienone is 7. The summed E-state index contributed by atoms with van der Waals surface area (Å²) >= 11 is 0. The number of nitrogens with two attached hydrogens (primary N) is 1. The van der Waals surface area contributed by atoms with Crippen molar-refractivity contribution in [2.45, 2.75) is 186 Å². The standard InChI is InChI=1S/C43H76NO9P/c1-3-5-6-7-8-9-10-11-12-15-18-21-24-27-30-33-42(45)49-37-39(38-51-54(47,48)50-36-35-44)52-43(46)34-31-28-25-22-19-16-13-14-17-20-23-26-29-32-41-40(4-2)53-41/h13,16-17,20,22,25-26,29,39-41H,3-12,14-15,18-19,21,23-24,27-28,30-38,44H2,1-2H3,(H,47,48). The molecule has 1 rings (SSSR count). The highest BCUT2D eigenvalue weighted by Gasteiger charge is 2.35. The van der Waals surface area contributed by atoms with E-state index in [0.29, 0.717) is 25.0 Å². The summed E-state index contributed by atoms with van der Waals surface area (Å²) < 4.78 is 38.2. The summed E-state index contributed by atoms with van der Waals surface area (Å²) in [6.07, 6.45) is 42.0. The number of phosphoric acid groups is 1. The predicted molar refractivity (Wildman–Crippen MR) is 219 cm³/mol. The number of hydrogen-bond acceptors (Lipinski definition) is 9. The minimum absolute atomic E-state index is 0.0419. The fraction of sp³-hybridized carbons (Fsp3) is 0.767. The van der Waals surface area contributed by atoms with E-state index in [9.17, 15) is 19.0 Å². The van der Waals surface area contributed by atoms with Crippen LogP contribution in [0.3, 0.4) is 0 Å². The van der Waals surface area contributed by atoms with Crippen LogP contribution >= 0.6 is 7.82 Å². The third-order valence-corrected chi connectivity index (χ3v) is 10.2. The lowest BCUT2D eigenvalue weighted by Crippen LogP contribution is -2.29. The third kappa shape index (κ3) is 32.2. The Balaban J connectivity index is 2.21. The summed E-state index contributed by atoms with van der Waals surface area (Å²) in [5.41, 5.74) is 5.34. The minimum atomic E-state index is -4.39. The second kappa shape index (κ2) is 35.4. The highest BCUT2D eigenvalue weighted by atomic mass is 31.2. The smallest absolute Gasteiger partial charge is 0.462 e. The molecule has 0 amide bonds. The number of phosphoric ester groups is 1. The average Bonchev–Trinajstić information content (AvgIpc) is 3.93. The number of carbonyl (C=O) groups excluding carboxylic acids is 2. The number of unbranched alkanes of at least 4 members (excludes halogenated alkanes) is 15. The molecule has 1 aliphatic heterocycles. The summed E-state index contributed by atoms with van der Waals surface area (Å²) in [5, 5.41) is 0. The van der Waals surface area contributed by atoms with Crippen molar-refractivity contribution < 1.29 is 42.3 Å². The van der Waals surface area contributed by atoms with E-state index in [1.165, 1.54) is 77.0 Å². The van der Waals surface area contributed by atoms with Gasteiger partial charge in [0.05, 0.1) is 25.4 Å². The van der Waals surface area contributed by atoms with Crippen LogP contribution in [0.4, 0.5) is 0 Å². The lowest BCUT2D eigenvalue weighted by molar-refractivity contribution is -0.161. The summed E-state index contributed by atoms with van der Waals surface area (Å²) in [4.78, 5) is 34.8. The van der Waals surface area contributed by atoms with Gasteiger partial charge in [-0.3, -0.25) is 18.6 Å². The second-order valence-corrected chi connectivity index (χ2v) is 15.7. The Morgan fingerprint density at radius 1 is 0.667 bits per heavy atom. The van der Waals surface area contributed by atoms with Gasteiger partial charge in [0.15, 0.2) is 6.10 Å². The van der Waals surface area contributed by atoms with Crippen molar-refractivity contribution in [1.82, 2.24) is 0 Å². The van der Waals surface area contributed by atoms with Crippen molar-refractivity contribution in [3.05, 3.63) is 48.6 Å². The Morgan fingerprint density at radius 2 is 1.19 bits per heavy atom. The molecule has 0 aromatic rings. The third-order valence-electron chi connectivity index (χ3n) is 9.20. The van der Waals surface area contributed by atoms with E-state index in [-0.39, 0.29) is 32.6 Å². The SMILES string of the molecule is CCCCCCCCCCCCCCCCCC(=O)OCC(COP(=O)(O)OCCN)OC(=O)CCCC=CCC=CCC=CCC=CCC1OC1CC. The molecule has 0 aromatic heterocycles. The van der Waals surface area contributed by atoms with Gasteiger partial charge in [-0.1, -0.05) is 152 Å². The first-order valence-electron chi connectivity index (χ1n) is 21.2. The van der Waals surface area contributed by atoms with E-state index in [1.54, 1.807) is 0 Å². The minimum Gasteiger partial charge on any atom is -0.462 e. The Kier molecular flexibility index (Phi) is 32.7. The van der Waals surface area contributed by atoms with Crippen LogP contribution < -0.4 is 5.73 Å². The summed E-state index contributed by atoms with van der Waals surface area (Å²) in [6.45, 7) is 3.56. The van der Waals surface area contributed by atoms with E-state index in [0.717, 1.165) is 51.4 Å². The van der Waals surface area contributed by atoms with Crippen LogP contribution in [0.2, 0.25) is 0 Å². The monoisotopic (exact) mass is 782 g/mol. The van der Waals surface area contributed by atoms with Crippen molar-refractivity contribution in [2.24, 2.45) is 5.73 Å². The number of esters is 2. The van der Waals surface area contributed by atoms with Gasteiger partial charge in [-0.05, 0) is 51.4 Å². The Hall–Kier alpha value is -2.07. The lowest BCUT2D eigenvalue weighted by Gasteiger charge is -2.19. The highest BCUT2D eigenvalue weighted by Crippen LogP contribution is 2.43. The molecule has 11 heteroatoms. The van der Waals surface area contributed by atoms with Crippen LogP contribution in [0.15, 0.2) is 48.6 Å². The van der Waals surface area contributed by atoms with Gasteiger partial charge in [-0.25, -0.2) is 4.57 Å². The van der Waals surface area contributed by atoms with Gasteiger partial charge in [0, 0.05) is 19.4 Å². The van der Waals surface area contributed by atoms with Gasteiger partial charge in [-0.15, -0.1) is 0 Å². The van der Waals surface area contributed by atoms with Crippen LogP contribution in [-0.4, -0.2) is 61.5 Å². The van der Waals surface area contributed by atoms with Crippen LogP contribution in [0.25, 0.3) is 0 Å². The van der Waals surface area contributed by atoms with E-state index >= 15 is 0 Å². The Labute approximate surface area is 328 Å². The van der Waals surface area contributed by atoms with Crippen LogP contribution in [0, 0.1) is 0 Å². The highest BCUT2D eigenvalue weighted by molar-refractivity contribution is 7.47. The van der Waals surface area contributed by atoms with Crippen molar-refractivity contribution in [3.8, 4) is 0 Å². The second-order valence-electron chi connectivity index (χ2n) is 14.2. The van der Waals surface area contributed by atoms with Gasteiger partial charge < -0.3 is 24.8 Å². The van der Waals surface area contributed by atoms with Crippen molar-refractivity contribution in [3.63, 3.8) is 0 Å². The van der Waals surface area contributed by atoms with Crippen molar-refractivity contribution in [2.75, 3.05) is 26.4 Å². The molecular weight excluding hydrogens is 705 g/mol. The van der Waals surface area contributed by atoms with E-state index < -0.39 is 32.5 Å². The molecule has 54 heavy (non-hydrogen) atoms. The van der Waals surface area contributed by atoms with Gasteiger partial charge >= 0.3 is 19.8 Å². The van der Waals surface area contributed by atoms with E-state index in [1.807, 2.05) is 6.08 Å². The summed E-state index contributed by atoms with van der Waals surface area (Å²) in [7, 11) is -4.39. The fourth-order valence-corrected chi connectivity index (χ4v) is 6.68. The average molecular weight is 782 g/mol. The van der Waals surface area contributed by atoms with Gasteiger partial charge in [0.25, 0.3) is 0 Å². The Bertz CT molecular complexity index is 1090. The molecule has 3 N–H and O–H groups in total. The van der Waals surface area contributed by atoms with Crippen LogP contribution in [-0.2, 0) is 37.4 Å². The maximum absolute atomic E-state index is 12.6. The molecule has 0 aliphatic carbocycles. The predicted octanol–water partition coefficient (Wildman–Crippen LogP) is 10.9. The first-order valence-corrected chi connectivity index (χ1v) is 22.7. The first kappa shape index (κ1) is 49.9. The number of rotatable bonds is 38. The molecule has 4 atom stereocenters. The van der Waals surface area contributed by atoms with E-state index in [2.05, 4.69) is 56.4 Å². The van der Waals surface area contributed by atoms with Gasteiger partial charge in [-0.2, -0.15) is 0 Å². The van der Waals surface area contributed by atoms with Crippen molar-refractivity contribution in [1.29, 1.82) is 0 Å². The molecule has 10 nitrogen and oxygen atoms in total. The number of carbonyl (C=O) groups is 2. The summed E-state index contributed by atoms with van der Waals surface area (Å²) in [6, 6.07) is 0. The molecule has 312 valence electrons.